The van der Waals surface area contributed by atoms with E-state index in [0.717, 1.165) is 16.0 Å². The number of rotatable bonds is 2. The van der Waals surface area contributed by atoms with E-state index in [1.807, 2.05) is 30.5 Å². The number of nitrogens with zero attached hydrogens (tertiary/aromatic N) is 1. The predicted octanol–water partition coefficient (Wildman–Crippen LogP) is 3.83. The molecule has 0 saturated carbocycles. The lowest BCUT2D eigenvalue weighted by atomic mass is 10.1. The number of hydrogen-bond acceptors (Lipinski definition) is 3. The number of benzene rings is 1. The fourth-order valence-corrected chi connectivity index (χ4v) is 3.49. The van der Waals surface area contributed by atoms with Gasteiger partial charge in [0.1, 0.15) is 0 Å². The second-order valence-corrected chi connectivity index (χ2v) is 5.87. The van der Waals surface area contributed by atoms with Crippen LogP contribution in [0.1, 0.15) is 21.4 Å². The van der Waals surface area contributed by atoms with Gasteiger partial charge >= 0.3 is 5.76 Å². The standard InChI is InChI=1S/C14H12ClNO2S/c1-8-5-6-19-13(8)12(15)9-3-4-10-11(7-9)18-14(17)16(10)2/h3-7,12H,1-2H3. The quantitative estimate of drug-likeness (QED) is 0.673. The molecule has 1 unspecified atom stereocenters. The van der Waals surface area contributed by atoms with E-state index in [1.165, 1.54) is 10.1 Å². The van der Waals surface area contributed by atoms with Crippen LogP contribution >= 0.6 is 22.9 Å². The highest BCUT2D eigenvalue weighted by Gasteiger charge is 2.16. The highest BCUT2D eigenvalue weighted by Crippen LogP contribution is 2.35. The molecule has 0 N–H and O–H groups in total. The van der Waals surface area contributed by atoms with Gasteiger partial charge in [-0.3, -0.25) is 4.57 Å². The summed E-state index contributed by atoms with van der Waals surface area (Å²) in [4.78, 5) is 12.6. The third-order valence-corrected chi connectivity index (χ3v) is 4.92. The van der Waals surface area contributed by atoms with Crippen LogP contribution < -0.4 is 5.76 Å². The minimum Gasteiger partial charge on any atom is -0.408 e. The van der Waals surface area contributed by atoms with Gasteiger partial charge in [0.15, 0.2) is 5.58 Å². The Morgan fingerprint density at radius 3 is 2.84 bits per heavy atom. The van der Waals surface area contributed by atoms with Crippen LogP contribution in [0.15, 0.2) is 38.9 Å². The largest absolute Gasteiger partial charge is 0.419 e. The molecule has 3 rings (SSSR count). The van der Waals surface area contributed by atoms with Gasteiger partial charge in [-0.2, -0.15) is 0 Å². The van der Waals surface area contributed by atoms with Crippen LogP contribution in [0, 0.1) is 6.92 Å². The number of halogens is 1. The fraction of sp³-hybridized carbons (Fsp3) is 0.214. The summed E-state index contributed by atoms with van der Waals surface area (Å²) in [5, 5.41) is 1.82. The molecule has 0 saturated heterocycles. The van der Waals surface area contributed by atoms with E-state index in [2.05, 4.69) is 6.07 Å². The van der Waals surface area contributed by atoms with Crippen LogP contribution in [0.5, 0.6) is 0 Å². The van der Waals surface area contributed by atoms with Crippen molar-refractivity contribution in [3.8, 4) is 0 Å². The van der Waals surface area contributed by atoms with E-state index < -0.39 is 0 Å². The monoisotopic (exact) mass is 293 g/mol. The molecule has 98 valence electrons. The molecular formula is C14H12ClNO2S. The molecule has 0 aliphatic carbocycles. The van der Waals surface area contributed by atoms with Crippen molar-refractivity contribution in [2.75, 3.05) is 0 Å². The number of oxazole rings is 1. The Morgan fingerprint density at radius 1 is 1.37 bits per heavy atom. The first-order valence-electron chi connectivity index (χ1n) is 5.85. The van der Waals surface area contributed by atoms with Gasteiger partial charge in [0, 0.05) is 11.9 Å². The smallest absolute Gasteiger partial charge is 0.408 e. The Balaban J connectivity index is 2.11. The Kier molecular flexibility index (Phi) is 2.99. The maximum absolute atomic E-state index is 11.5. The molecule has 0 amide bonds. The van der Waals surface area contributed by atoms with Crippen LogP contribution in [0.3, 0.4) is 0 Å². The molecule has 5 heteroatoms. The van der Waals surface area contributed by atoms with Gasteiger partial charge in [0.05, 0.1) is 10.9 Å². The average molecular weight is 294 g/mol. The third-order valence-electron chi connectivity index (χ3n) is 3.24. The van der Waals surface area contributed by atoms with Crippen molar-refractivity contribution in [2.45, 2.75) is 12.3 Å². The molecule has 2 heterocycles. The molecule has 1 atom stereocenters. The zero-order chi connectivity index (χ0) is 13.6. The molecule has 3 nitrogen and oxygen atoms in total. The minimum atomic E-state index is -0.356. The van der Waals surface area contributed by atoms with Crippen molar-refractivity contribution < 1.29 is 4.42 Å². The van der Waals surface area contributed by atoms with Gasteiger partial charge in [-0.1, -0.05) is 6.07 Å². The van der Waals surface area contributed by atoms with Crippen LogP contribution in [-0.4, -0.2) is 4.57 Å². The molecule has 0 spiro atoms. The van der Waals surface area contributed by atoms with Gasteiger partial charge in [-0.15, -0.1) is 22.9 Å². The van der Waals surface area contributed by atoms with Crippen LogP contribution in [-0.2, 0) is 7.05 Å². The van der Waals surface area contributed by atoms with Gasteiger partial charge in [-0.25, -0.2) is 4.79 Å². The summed E-state index contributed by atoms with van der Waals surface area (Å²) in [5.74, 6) is -0.356. The fourth-order valence-electron chi connectivity index (χ4n) is 2.10. The lowest BCUT2D eigenvalue weighted by Crippen LogP contribution is -2.08. The van der Waals surface area contributed by atoms with Gasteiger partial charge in [0.25, 0.3) is 0 Å². The third kappa shape index (κ3) is 2.01. The summed E-state index contributed by atoms with van der Waals surface area (Å²) in [6.45, 7) is 2.04. The van der Waals surface area contributed by atoms with Crippen molar-refractivity contribution in [3.63, 3.8) is 0 Å². The SMILES string of the molecule is Cc1ccsc1C(Cl)c1ccc2c(c1)oc(=O)n2C. The first-order valence-corrected chi connectivity index (χ1v) is 7.17. The number of alkyl halides is 1. The number of aryl methyl sites for hydroxylation is 2. The molecule has 2 aromatic heterocycles. The van der Waals surface area contributed by atoms with Crippen molar-refractivity contribution in [1.82, 2.24) is 4.57 Å². The number of hydrogen-bond donors (Lipinski definition) is 0. The Hall–Kier alpha value is -1.52. The summed E-state index contributed by atoms with van der Waals surface area (Å²) < 4.78 is 6.67. The molecule has 19 heavy (non-hydrogen) atoms. The molecule has 0 radical (unpaired) electrons. The van der Waals surface area contributed by atoms with Gasteiger partial charge in [0.2, 0.25) is 0 Å². The summed E-state index contributed by atoms with van der Waals surface area (Å²) in [6, 6.07) is 7.70. The molecule has 0 bridgehead atoms. The lowest BCUT2D eigenvalue weighted by Gasteiger charge is -2.09. The zero-order valence-corrected chi connectivity index (χ0v) is 12.1. The number of thiophene rings is 1. The highest BCUT2D eigenvalue weighted by molar-refractivity contribution is 7.10. The zero-order valence-electron chi connectivity index (χ0n) is 10.5. The number of aromatic nitrogens is 1. The molecule has 0 fully saturated rings. The second-order valence-electron chi connectivity index (χ2n) is 4.48. The molecule has 3 aromatic rings. The molecular weight excluding hydrogens is 282 g/mol. The first kappa shape index (κ1) is 12.5. The topological polar surface area (TPSA) is 35.1 Å². The summed E-state index contributed by atoms with van der Waals surface area (Å²) in [7, 11) is 1.69. The van der Waals surface area contributed by atoms with Gasteiger partial charge in [-0.05, 0) is 41.6 Å². The maximum atomic E-state index is 11.5. The number of fused-ring (bicyclic) bond motifs is 1. The van der Waals surface area contributed by atoms with E-state index in [1.54, 1.807) is 18.4 Å². The second kappa shape index (κ2) is 4.54. The van der Waals surface area contributed by atoms with E-state index in [9.17, 15) is 4.79 Å². The normalized spacial score (nSPS) is 13.0. The Labute approximate surface area is 119 Å². The van der Waals surface area contributed by atoms with Gasteiger partial charge < -0.3 is 4.42 Å². The molecule has 0 aliphatic rings. The van der Waals surface area contributed by atoms with Crippen LogP contribution in [0.2, 0.25) is 0 Å². The van der Waals surface area contributed by atoms with Crippen molar-refractivity contribution in [2.24, 2.45) is 7.05 Å². The maximum Gasteiger partial charge on any atom is 0.419 e. The summed E-state index contributed by atoms with van der Waals surface area (Å²) >= 11 is 8.15. The average Bonchev–Trinajstić information content (AvgIpc) is 2.93. The Morgan fingerprint density at radius 2 is 2.16 bits per heavy atom. The van der Waals surface area contributed by atoms with E-state index in [4.69, 9.17) is 16.0 Å². The van der Waals surface area contributed by atoms with E-state index in [0.29, 0.717) is 5.58 Å². The summed E-state index contributed by atoms with van der Waals surface area (Å²) in [5.41, 5.74) is 3.47. The molecule has 0 aliphatic heterocycles. The van der Waals surface area contributed by atoms with Crippen LogP contribution in [0.4, 0.5) is 0 Å². The lowest BCUT2D eigenvalue weighted by molar-refractivity contribution is 0.528. The van der Waals surface area contributed by atoms with Crippen molar-refractivity contribution in [1.29, 1.82) is 0 Å². The predicted molar refractivity (Wildman–Crippen MR) is 78.2 cm³/mol. The molecule has 1 aromatic carbocycles. The van der Waals surface area contributed by atoms with Crippen LogP contribution in [0.25, 0.3) is 11.1 Å². The summed E-state index contributed by atoms with van der Waals surface area (Å²) in [6.07, 6.45) is 0. The van der Waals surface area contributed by atoms with E-state index >= 15 is 0 Å². The first-order chi connectivity index (χ1) is 9.08. The minimum absolute atomic E-state index is 0.213. The van der Waals surface area contributed by atoms with E-state index in [-0.39, 0.29) is 11.1 Å². The van der Waals surface area contributed by atoms with Crippen molar-refractivity contribution >= 4 is 34.0 Å². The van der Waals surface area contributed by atoms with Crippen molar-refractivity contribution in [3.05, 3.63) is 56.2 Å². The highest BCUT2D eigenvalue weighted by atomic mass is 35.5. The Bertz CT molecular complexity index is 799.